The molecule has 178 valence electrons. The fourth-order valence-corrected chi connectivity index (χ4v) is 3.74. The maximum atomic E-state index is 11.8. The summed E-state index contributed by atoms with van der Waals surface area (Å²) in [6, 6.07) is 11.4. The van der Waals surface area contributed by atoms with Gasteiger partial charge in [-0.1, -0.05) is 60.4 Å². The van der Waals surface area contributed by atoms with Crippen molar-refractivity contribution in [3.63, 3.8) is 0 Å². The first-order chi connectivity index (χ1) is 16.2. The van der Waals surface area contributed by atoms with Gasteiger partial charge in [0, 0.05) is 17.6 Å². The molecule has 0 bridgehead atoms. The average Bonchev–Trinajstić information content (AvgIpc) is 3.20. The van der Waals surface area contributed by atoms with Gasteiger partial charge in [0.15, 0.2) is 0 Å². The minimum absolute atomic E-state index is 0.0728. The monoisotopic (exact) mass is 502 g/mol. The number of aliphatic carboxylic acids is 1. The van der Waals surface area contributed by atoms with Crippen LogP contribution < -0.4 is 10.1 Å². The van der Waals surface area contributed by atoms with Crippen molar-refractivity contribution in [2.75, 3.05) is 0 Å². The molecule has 0 aliphatic carbocycles. The number of carboxylic acid groups (broad SMARTS) is 1. The van der Waals surface area contributed by atoms with Crippen LogP contribution in [0, 0.1) is 0 Å². The highest BCUT2D eigenvalue weighted by molar-refractivity contribution is 6.39. The number of hydrogen-bond acceptors (Lipinski definition) is 5. The van der Waals surface area contributed by atoms with E-state index in [9.17, 15) is 9.59 Å². The summed E-state index contributed by atoms with van der Waals surface area (Å²) in [6.45, 7) is 5.58. The summed E-state index contributed by atoms with van der Waals surface area (Å²) in [5.74, 6) is -0.227. The molecule has 0 radical (unpaired) electrons. The number of carbonyl (C=O) groups is 2. The Kier molecular flexibility index (Phi) is 8.36. The van der Waals surface area contributed by atoms with Crippen molar-refractivity contribution in [2.24, 2.45) is 0 Å². The molecular weight excluding hydrogens is 479 g/mol. The molecule has 0 saturated carbocycles. The molecule has 0 fully saturated rings. The zero-order valence-corrected chi connectivity index (χ0v) is 20.4. The van der Waals surface area contributed by atoms with Crippen LogP contribution in [0.25, 0.3) is 17.3 Å². The Balaban J connectivity index is 1.74. The molecule has 0 aliphatic heterocycles. The molecule has 1 unspecified atom stereocenters. The molecule has 1 atom stereocenters. The molecule has 0 saturated heterocycles. The van der Waals surface area contributed by atoms with E-state index in [2.05, 4.69) is 10.5 Å². The minimum Gasteiger partial charge on any atom is -0.489 e. The first kappa shape index (κ1) is 25.3. The molecule has 3 aromatic rings. The molecule has 1 heterocycles. The van der Waals surface area contributed by atoms with Crippen molar-refractivity contribution in [3.05, 3.63) is 75.5 Å². The largest absolute Gasteiger partial charge is 0.489 e. The molecule has 9 heteroatoms. The third-order valence-corrected chi connectivity index (χ3v) is 5.59. The lowest BCUT2D eigenvalue weighted by Crippen LogP contribution is -2.37. The Hall–Kier alpha value is -3.29. The normalized spacial score (nSPS) is 12.2. The summed E-state index contributed by atoms with van der Waals surface area (Å²) in [4.78, 5) is 22.6. The van der Waals surface area contributed by atoms with E-state index < -0.39 is 17.9 Å². The number of nitrogens with zero attached hydrogens (tertiary/aromatic N) is 1. The SMILES string of the molecule is CC(NC(=O)/C=C/c1ccc(OCc2c(-c3c(Cl)cccc3Cl)noc2C(C)C)cc1)C(=O)O. The van der Waals surface area contributed by atoms with Gasteiger partial charge in [-0.3, -0.25) is 9.59 Å². The van der Waals surface area contributed by atoms with Gasteiger partial charge in [-0.05, 0) is 42.8 Å². The molecular formula is C25H24Cl2N2O5. The predicted molar refractivity (Wildman–Crippen MR) is 131 cm³/mol. The van der Waals surface area contributed by atoms with Gasteiger partial charge in [0.05, 0.1) is 15.6 Å². The van der Waals surface area contributed by atoms with E-state index >= 15 is 0 Å². The number of aromatic nitrogens is 1. The number of amides is 1. The summed E-state index contributed by atoms with van der Waals surface area (Å²) in [6.07, 6.45) is 2.86. The van der Waals surface area contributed by atoms with E-state index in [1.165, 1.54) is 13.0 Å². The molecule has 2 N–H and O–H groups in total. The first-order valence-electron chi connectivity index (χ1n) is 10.5. The quantitative estimate of drug-likeness (QED) is 0.350. The molecule has 34 heavy (non-hydrogen) atoms. The number of benzene rings is 2. The van der Waals surface area contributed by atoms with Gasteiger partial charge < -0.3 is 19.7 Å². The van der Waals surface area contributed by atoms with Gasteiger partial charge in [-0.2, -0.15) is 0 Å². The third-order valence-electron chi connectivity index (χ3n) is 4.96. The fraction of sp³-hybridized carbons (Fsp3) is 0.240. The lowest BCUT2D eigenvalue weighted by atomic mass is 10.0. The average molecular weight is 503 g/mol. The smallest absolute Gasteiger partial charge is 0.325 e. The molecule has 2 aromatic carbocycles. The molecule has 3 rings (SSSR count). The molecule has 1 amide bonds. The Morgan fingerprint density at radius 2 is 1.76 bits per heavy atom. The highest BCUT2D eigenvalue weighted by atomic mass is 35.5. The van der Waals surface area contributed by atoms with E-state index in [1.54, 1.807) is 48.5 Å². The topological polar surface area (TPSA) is 102 Å². The number of carbonyl (C=O) groups excluding carboxylic acids is 1. The Labute approximate surface area is 207 Å². The van der Waals surface area contributed by atoms with Crippen LogP contribution in [0.3, 0.4) is 0 Å². The van der Waals surface area contributed by atoms with Crippen molar-refractivity contribution in [1.82, 2.24) is 10.5 Å². The Morgan fingerprint density at radius 1 is 1.12 bits per heavy atom. The number of ether oxygens (including phenoxy) is 1. The summed E-state index contributed by atoms with van der Waals surface area (Å²) in [5.41, 5.74) is 2.65. The van der Waals surface area contributed by atoms with Crippen LogP contribution in [-0.4, -0.2) is 28.2 Å². The Morgan fingerprint density at radius 3 is 2.35 bits per heavy atom. The number of hydrogen-bond donors (Lipinski definition) is 2. The molecule has 7 nitrogen and oxygen atoms in total. The van der Waals surface area contributed by atoms with Crippen molar-refractivity contribution < 1.29 is 24.0 Å². The van der Waals surface area contributed by atoms with Crippen molar-refractivity contribution >= 4 is 41.2 Å². The lowest BCUT2D eigenvalue weighted by molar-refractivity contribution is -0.140. The van der Waals surface area contributed by atoms with E-state index in [0.717, 1.165) is 11.1 Å². The highest BCUT2D eigenvalue weighted by Crippen LogP contribution is 2.38. The summed E-state index contributed by atoms with van der Waals surface area (Å²) in [5, 5.41) is 16.4. The summed E-state index contributed by atoms with van der Waals surface area (Å²) < 4.78 is 11.6. The summed E-state index contributed by atoms with van der Waals surface area (Å²) >= 11 is 12.8. The van der Waals surface area contributed by atoms with Crippen LogP contribution in [-0.2, 0) is 16.2 Å². The maximum Gasteiger partial charge on any atom is 0.325 e. The zero-order chi connectivity index (χ0) is 24.8. The minimum atomic E-state index is -1.10. The van der Waals surface area contributed by atoms with Gasteiger partial charge in [0.1, 0.15) is 29.9 Å². The molecule has 1 aromatic heterocycles. The molecule has 0 aliphatic rings. The second-order valence-electron chi connectivity index (χ2n) is 7.88. The second kappa shape index (κ2) is 11.2. The third kappa shape index (κ3) is 6.18. The number of carboxylic acids is 1. The lowest BCUT2D eigenvalue weighted by Gasteiger charge is -2.11. The Bertz CT molecular complexity index is 1180. The van der Waals surface area contributed by atoms with Crippen LogP contribution >= 0.6 is 23.2 Å². The van der Waals surface area contributed by atoms with Crippen molar-refractivity contribution in [2.45, 2.75) is 39.3 Å². The van der Waals surface area contributed by atoms with Crippen molar-refractivity contribution in [3.8, 4) is 17.0 Å². The number of rotatable bonds is 9. The number of halogens is 2. The van der Waals surface area contributed by atoms with Crippen LogP contribution in [0.4, 0.5) is 0 Å². The van der Waals surface area contributed by atoms with E-state index in [4.69, 9.17) is 37.6 Å². The van der Waals surface area contributed by atoms with Crippen LogP contribution in [0.5, 0.6) is 5.75 Å². The van der Waals surface area contributed by atoms with Crippen LogP contribution in [0.15, 0.2) is 53.1 Å². The van der Waals surface area contributed by atoms with Gasteiger partial charge in [-0.25, -0.2) is 0 Å². The van der Waals surface area contributed by atoms with Crippen LogP contribution in [0.1, 0.15) is 43.6 Å². The standard InChI is InChI=1S/C25H24Cl2N2O5/c1-14(2)24-18(23(29-34-24)22-19(26)5-4-6-20(22)27)13-33-17-10-7-16(8-11-17)9-12-21(30)28-15(3)25(31)32/h4-12,14-15H,13H2,1-3H3,(H,28,30)(H,31,32)/b12-9+. The van der Waals surface area contributed by atoms with Gasteiger partial charge >= 0.3 is 5.97 Å². The van der Waals surface area contributed by atoms with Crippen LogP contribution in [0.2, 0.25) is 10.0 Å². The van der Waals surface area contributed by atoms with Crippen molar-refractivity contribution in [1.29, 1.82) is 0 Å². The van der Waals surface area contributed by atoms with Gasteiger partial charge in [-0.15, -0.1) is 0 Å². The van der Waals surface area contributed by atoms with E-state index in [1.807, 2.05) is 13.8 Å². The van der Waals surface area contributed by atoms with E-state index in [0.29, 0.717) is 32.8 Å². The van der Waals surface area contributed by atoms with Gasteiger partial charge in [0.2, 0.25) is 5.91 Å². The first-order valence-corrected chi connectivity index (χ1v) is 11.3. The zero-order valence-electron chi connectivity index (χ0n) is 18.8. The second-order valence-corrected chi connectivity index (χ2v) is 8.70. The fourth-order valence-electron chi connectivity index (χ4n) is 3.16. The summed E-state index contributed by atoms with van der Waals surface area (Å²) in [7, 11) is 0. The van der Waals surface area contributed by atoms with Gasteiger partial charge in [0.25, 0.3) is 0 Å². The number of nitrogens with one attached hydrogen (secondary N) is 1. The molecule has 0 spiro atoms. The maximum absolute atomic E-state index is 11.8. The predicted octanol–water partition coefficient (Wildman–Crippen LogP) is 5.95. The van der Waals surface area contributed by atoms with E-state index in [-0.39, 0.29) is 12.5 Å². The highest BCUT2D eigenvalue weighted by Gasteiger charge is 2.23.